The number of hydrogen-bond acceptors (Lipinski definition) is 4. The third-order valence-electron chi connectivity index (χ3n) is 4.17. The number of fused-ring (bicyclic) bond motifs is 1. The van der Waals surface area contributed by atoms with Gasteiger partial charge in [0, 0.05) is 16.6 Å². The number of aromatic nitrogens is 2. The van der Waals surface area contributed by atoms with Gasteiger partial charge in [-0.3, -0.25) is 14.2 Å². The fourth-order valence-corrected chi connectivity index (χ4v) is 3.98. The minimum Gasteiger partial charge on any atom is -0.323 e. The molecule has 1 heterocycles. The van der Waals surface area contributed by atoms with Crippen molar-refractivity contribution in [2.24, 2.45) is 0 Å². The predicted octanol–water partition coefficient (Wildman–Crippen LogP) is 5.37. The number of halogens is 3. The molecule has 0 saturated heterocycles. The van der Waals surface area contributed by atoms with Crippen molar-refractivity contribution in [2.45, 2.75) is 37.2 Å². The maximum absolute atomic E-state index is 14.0. The molecule has 0 aliphatic carbocycles. The Hall–Kier alpha value is -2.09. The number of nitrogens with one attached hydrogen (secondary N) is 1. The third-order valence-corrected chi connectivity index (χ3v) is 5.73. The molecule has 1 N–H and O–H groups in total. The van der Waals surface area contributed by atoms with Crippen LogP contribution in [0.25, 0.3) is 10.9 Å². The van der Waals surface area contributed by atoms with E-state index in [0.29, 0.717) is 27.6 Å². The van der Waals surface area contributed by atoms with Gasteiger partial charge < -0.3 is 5.32 Å². The first-order valence-corrected chi connectivity index (χ1v) is 10.6. The van der Waals surface area contributed by atoms with Crippen LogP contribution in [0.5, 0.6) is 0 Å². The van der Waals surface area contributed by atoms with E-state index in [2.05, 4.69) is 10.3 Å². The van der Waals surface area contributed by atoms with E-state index in [1.807, 2.05) is 6.92 Å². The van der Waals surface area contributed by atoms with Crippen molar-refractivity contribution < 1.29 is 9.18 Å². The van der Waals surface area contributed by atoms with E-state index in [-0.39, 0.29) is 16.3 Å². The standard InChI is InChI=1S/C20H18Cl2FN3O2S/c1-3-8-26-19(28)14-6-4-13(22)10-17(14)25-20(26)29-11(2)18(27)24-16-7-5-12(21)9-15(16)23/h4-7,9-11H,3,8H2,1-2H3,(H,24,27). The Morgan fingerprint density at radius 1 is 1.24 bits per heavy atom. The van der Waals surface area contributed by atoms with Gasteiger partial charge in [-0.05, 0) is 49.7 Å². The summed E-state index contributed by atoms with van der Waals surface area (Å²) in [5.41, 5.74) is 0.317. The number of thioether (sulfide) groups is 1. The smallest absolute Gasteiger partial charge is 0.262 e. The number of amides is 1. The normalized spacial score (nSPS) is 12.2. The monoisotopic (exact) mass is 453 g/mol. The lowest BCUT2D eigenvalue weighted by molar-refractivity contribution is -0.115. The summed E-state index contributed by atoms with van der Waals surface area (Å²) in [4.78, 5) is 30.0. The van der Waals surface area contributed by atoms with Gasteiger partial charge in [0.25, 0.3) is 5.56 Å². The Balaban J connectivity index is 1.90. The molecule has 0 spiro atoms. The van der Waals surface area contributed by atoms with Crippen LogP contribution >= 0.6 is 35.0 Å². The first kappa shape index (κ1) is 21.6. The van der Waals surface area contributed by atoms with Crippen molar-refractivity contribution in [3.63, 3.8) is 0 Å². The van der Waals surface area contributed by atoms with E-state index >= 15 is 0 Å². The molecule has 1 aromatic heterocycles. The van der Waals surface area contributed by atoms with E-state index in [4.69, 9.17) is 23.2 Å². The molecule has 0 aliphatic heterocycles. The highest BCUT2D eigenvalue weighted by atomic mass is 35.5. The molecule has 9 heteroatoms. The quantitative estimate of drug-likeness (QED) is 0.402. The highest BCUT2D eigenvalue weighted by Gasteiger charge is 2.20. The zero-order valence-electron chi connectivity index (χ0n) is 15.7. The first-order valence-electron chi connectivity index (χ1n) is 8.92. The zero-order chi connectivity index (χ0) is 21.1. The topological polar surface area (TPSA) is 64.0 Å². The van der Waals surface area contributed by atoms with Crippen LogP contribution in [0.4, 0.5) is 10.1 Å². The lowest BCUT2D eigenvalue weighted by Crippen LogP contribution is -2.27. The first-order chi connectivity index (χ1) is 13.8. The lowest BCUT2D eigenvalue weighted by Gasteiger charge is -2.16. The van der Waals surface area contributed by atoms with Gasteiger partial charge in [0.15, 0.2) is 5.16 Å². The molecular weight excluding hydrogens is 436 g/mol. The SMILES string of the molecule is CCCn1c(SC(C)C(=O)Nc2ccc(Cl)cc2F)nc2cc(Cl)ccc2c1=O. The largest absolute Gasteiger partial charge is 0.323 e. The number of nitrogens with zero attached hydrogens (tertiary/aromatic N) is 2. The fourth-order valence-electron chi connectivity index (χ4n) is 2.72. The van der Waals surface area contributed by atoms with Crippen LogP contribution in [0.2, 0.25) is 10.0 Å². The molecule has 0 saturated carbocycles. The molecule has 3 aromatic rings. The molecule has 1 unspecified atom stereocenters. The number of rotatable bonds is 6. The third kappa shape index (κ3) is 4.91. The van der Waals surface area contributed by atoms with Gasteiger partial charge in [-0.2, -0.15) is 0 Å². The molecule has 0 bridgehead atoms. The molecule has 0 radical (unpaired) electrons. The second kappa shape index (κ2) is 9.15. The van der Waals surface area contributed by atoms with Crippen LogP contribution in [0.1, 0.15) is 20.3 Å². The highest BCUT2D eigenvalue weighted by molar-refractivity contribution is 8.00. The van der Waals surface area contributed by atoms with Crippen molar-refractivity contribution in [2.75, 3.05) is 5.32 Å². The second-order valence-electron chi connectivity index (χ2n) is 6.39. The summed E-state index contributed by atoms with van der Waals surface area (Å²) in [6, 6.07) is 8.93. The summed E-state index contributed by atoms with van der Waals surface area (Å²) in [6.07, 6.45) is 0.727. The van der Waals surface area contributed by atoms with Crippen molar-refractivity contribution >= 4 is 57.5 Å². The average Bonchev–Trinajstić information content (AvgIpc) is 2.66. The van der Waals surface area contributed by atoms with E-state index in [1.54, 1.807) is 29.7 Å². The van der Waals surface area contributed by atoms with Gasteiger partial charge >= 0.3 is 0 Å². The summed E-state index contributed by atoms with van der Waals surface area (Å²) in [5.74, 6) is -1.04. The molecule has 152 valence electrons. The molecule has 3 rings (SSSR count). The van der Waals surface area contributed by atoms with E-state index in [1.165, 1.54) is 12.1 Å². The Bertz CT molecular complexity index is 1140. The van der Waals surface area contributed by atoms with Crippen molar-refractivity contribution in [3.05, 3.63) is 62.6 Å². The Kier molecular flexibility index (Phi) is 6.82. The van der Waals surface area contributed by atoms with Crippen LogP contribution < -0.4 is 10.9 Å². The molecule has 0 aliphatic rings. The highest BCUT2D eigenvalue weighted by Crippen LogP contribution is 2.26. The van der Waals surface area contributed by atoms with E-state index < -0.39 is 17.0 Å². The lowest BCUT2D eigenvalue weighted by atomic mass is 10.2. The number of hydrogen-bond donors (Lipinski definition) is 1. The van der Waals surface area contributed by atoms with Crippen LogP contribution in [-0.4, -0.2) is 20.7 Å². The molecular formula is C20H18Cl2FN3O2S. The van der Waals surface area contributed by atoms with Gasteiger partial charge in [-0.25, -0.2) is 9.37 Å². The Labute approximate surface area is 181 Å². The molecule has 1 amide bonds. The molecule has 1 atom stereocenters. The van der Waals surface area contributed by atoms with Crippen molar-refractivity contribution in [3.8, 4) is 0 Å². The predicted molar refractivity (Wildman–Crippen MR) is 117 cm³/mol. The molecule has 0 fully saturated rings. The Morgan fingerprint density at radius 3 is 2.62 bits per heavy atom. The van der Waals surface area contributed by atoms with Crippen molar-refractivity contribution in [1.82, 2.24) is 9.55 Å². The van der Waals surface area contributed by atoms with E-state index in [0.717, 1.165) is 24.2 Å². The van der Waals surface area contributed by atoms with Gasteiger partial charge in [0.05, 0.1) is 21.8 Å². The summed E-state index contributed by atoms with van der Waals surface area (Å²) in [5, 5.41) is 3.50. The Morgan fingerprint density at radius 2 is 1.93 bits per heavy atom. The number of anilines is 1. The van der Waals surface area contributed by atoms with Crippen LogP contribution in [-0.2, 0) is 11.3 Å². The number of carbonyl (C=O) groups is 1. The maximum atomic E-state index is 14.0. The molecule has 29 heavy (non-hydrogen) atoms. The molecule has 5 nitrogen and oxygen atoms in total. The maximum Gasteiger partial charge on any atom is 0.262 e. The van der Waals surface area contributed by atoms with Crippen LogP contribution in [0.3, 0.4) is 0 Å². The minimum atomic E-state index is -0.628. The van der Waals surface area contributed by atoms with Gasteiger partial charge in [-0.1, -0.05) is 41.9 Å². The van der Waals surface area contributed by atoms with Crippen molar-refractivity contribution in [1.29, 1.82) is 0 Å². The molecule has 2 aromatic carbocycles. The summed E-state index contributed by atoms with van der Waals surface area (Å²) in [6.45, 7) is 4.08. The van der Waals surface area contributed by atoms with Crippen LogP contribution in [0, 0.1) is 5.82 Å². The summed E-state index contributed by atoms with van der Waals surface area (Å²) in [7, 11) is 0. The summed E-state index contributed by atoms with van der Waals surface area (Å²) < 4.78 is 15.5. The van der Waals surface area contributed by atoms with Gasteiger partial charge in [0.1, 0.15) is 5.82 Å². The second-order valence-corrected chi connectivity index (χ2v) is 8.57. The van der Waals surface area contributed by atoms with Gasteiger partial charge in [0.2, 0.25) is 5.91 Å². The summed E-state index contributed by atoms with van der Waals surface area (Å²) >= 11 is 12.9. The number of carbonyl (C=O) groups excluding carboxylic acids is 1. The minimum absolute atomic E-state index is 0.0380. The van der Waals surface area contributed by atoms with E-state index in [9.17, 15) is 14.0 Å². The average molecular weight is 454 g/mol. The zero-order valence-corrected chi connectivity index (χ0v) is 18.0. The number of benzene rings is 2. The van der Waals surface area contributed by atoms with Gasteiger partial charge in [-0.15, -0.1) is 0 Å². The van der Waals surface area contributed by atoms with Crippen LogP contribution in [0.15, 0.2) is 46.3 Å². The fraction of sp³-hybridized carbons (Fsp3) is 0.250.